The van der Waals surface area contributed by atoms with Gasteiger partial charge in [0.2, 0.25) is 0 Å². The van der Waals surface area contributed by atoms with Gasteiger partial charge in [0.15, 0.2) is 0 Å². The van der Waals surface area contributed by atoms with E-state index in [0.29, 0.717) is 24.1 Å². The molecule has 212 valence electrons. The third-order valence-electron chi connectivity index (χ3n) is 9.64. The van der Waals surface area contributed by atoms with Gasteiger partial charge in [-0.2, -0.15) is 0 Å². The molecule has 0 unspecified atom stereocenters. The zero-order chi connectivity index (χ0) is 27.6. The van der Waals surface area contributed by atoms with Crippen molar-refractivity contribution in [2.75, 3.05) is 33.3 Å². The molecule has 3 aliphatic rings. The maximum Gasteiger partial charge on any atom is 0.335 e. The van der Waals surface area contributed by atoms with E-state index in [1.165, 1.54) is 87.5 Å². The molecular formula is C34H43N3O3. The molecule has 3 fully saturated rings. The molecule has 40 heavy (non-hydrogen) atoms. The maximum atomic E-state index is 12.0. The quantitative estimate of drug-likeness (QED) is 0.329. The Bertz CT molecular complexity index is 1360. The Kier molecular flexibility index (Phi) is 7.88. The number of hydrogen-bond acceptors (Lipinski definition) is 4. The van der Waals surface area contributed by atoms with Crippen molar-refractivity contribution in [1.29, 1.82) is 0 Å². The van der Waals surface area contributed by atoms with Crippen LogP contribution in [0.2, 0.25) is 0 Å². The number of carbonyl (C=O) groups is 1. The molecule has 6 rings (SSSR count). The number of rotatable bonds is 8. The minimum Gasteiger partial charge on any atom is -0.497 e. The van der Waals surface area contributed by atoms with E-state index in [4.69, 9.17) is 4.74 Å². The summed E-state index contributed by atoms with van der Waals surface area (Å²) in [5, 5.41) is 11.1. The van der Waals surface area contributed by atoms with Gasteiger partial charge in [-0.15, -0.1) is 0 Å². The van der Waals surface area contributed by atoms with E-state index in [1.807, 2.05) is 18.2 Å². The van der Waals surface area contributed by atoms with E-state index in [2.05, 4.69) is 39.1 Å². The highest BCUT2D eigenvalue weighted by atomic mass is 16.5. The van der Waals surface area contributed by atoms with E-state index < -0.39 is 5.97 Å². The van der Waals surface area contributed by atoms with Crippen LogP contribution in [-0.4, -0.2) is 64.8 Å². The first-order chi connectivity index (χ1) is 19.5. The number of benzene rings is 2. The highest BCUT2D eigenvalue weighted by Crippen LogP contribution is 2.45. The van der Waals surface area contributed by atoms with E-state index >= 15 is 0 Å². The molecule has 3 aromatic rings. The molecule has 1 N–H and O–H groups in total. The Morgan fingerprint density at radius 2 is 1.62 bits per heavy atom. The summed E-state index contributed by atoms with van der Waals surface area (Å²) in [6, 6.07) is 14.8. The molecular weight excluding hydrogens is 498 g/mol. The highest BCUT2D eigenvalue weighted by Gasteiger charge is 2.30. The van der Waals surface area contributed by atoms with Crippen LogP contribution in [0.3, 0.4) is 0 Å². The van der Waals surface area contributed by atoms with Crippen molar-refractivity contribution in [2.24, 2.45) is 0 Å². The van der Waals surface area contributed by atoms with Crippen molar-refractivity contribution in [3.8, 4) is 17.0 Å². The molecule has 2 aliphatic heterocycles. The molecule has 0 bridgehead atoms. The number of likely N-dealkylation sites (tertiary alicyclic amines) is 2. The van der Waals surface area contributed by atoms with Gasteiger partial charge in [-0.05, 0) is 105 Å². The summed E-state index contributed by atoms with van der Waals surface area (Å²) < 4.78 is 7.84. The second-order valence-corrected chi connectivity index (χ2v) is 12.0. The van der Waals surface area contributed by atoms with Crippen LogP contribution in [0.15, 0.2) is 54.7 Å². The average molecular weight is 542 g/mol. The molecule has 0 atom stereocenters. The van der Waals surface area contributed by atoms with Crippen LogP contribution in [0.25, 0.3) is 22.2 Å². The Morgan fingerprint density at radius 3 is 2.27 bits per heavy atom. The van der Waals surface area contributed by atoms with Crippen molar-refractivity contribution < 1.29 is 14.6 Å². The predicted octanol–water partition coefficient (Wildman–Crippen LogP) is 7.14. The minimum atomic E-state index is -0.886. The van der Waals surface area contributed by atoms with E-state index in [9.17, 15) is 9.90 Å². The zero-order valence-corrected chi connectivity index (χ0v) is 23.9. The fraction of sp³-hybridized carbons (Fsp3) is 0.500. The number of methoxy groups -OCH3 is 1. The first kappa shape index (κ1) is 26.9. The van der Waals surface area contributed by atoms with E-state index in [-0.39, 0.29) is 0 Å². The Hall–Kier alpha value is -3.25. The van der Waals surface area contributed by atoms with Gasteiger partial charge >= 0.3 is 5.97 Å². The average Bonchev–Trinajstić information content (AvgIpc) is 3.65. The number of fused-ring (bicyclic) bond motifs is 1. The molecule has 1 aliphatic carbocycles. The Balaban J connectivity index is 1.40. The summed E-state index contributed by atoms with van der Waals surface area (Å²) in [4.78, 5) is 17.2. The topological polar surface area (TPSA) is 57.9 Å². The third kappa shape index (κ3) is 5.26. The summed E-state index contributed by atoms with van der Waals surface area (Å²) in [6.45, 7) is 9.83. The van der Waals surface area contributed by atoms with Crippen molar-refractivity contribution in [2.45, 2.75) is 76.3 Å². The fourth-order valence-electron chi connectivity index (χ4n) is 7.47. The minimum absolute atomic E-state index is 0.333. The smallest absolute Gasteiger partial charge is 0.335 e. The highest BCUT2D eigenvalue weighted by molar-refractivity contribution is 5.98. The van der Waals surface area contributed by atoms with Crippen molar-refractivity contribution >= 4 is 16.9 Å². The second-order valence-electron chi connectivity index (χ2n) is 12.0. The fourth-order valence-corrected chi connectivity index (χ4v) is 7.47. The van der Waals surface area contributed by atoms with Crippen LogP contribution in [0.1, 0.15) is 79.6 Å². The molecule has 1 saturated carbocycles. The van der Waals surface area contributed by atoms with Gasteiger partial charge < -0.3 is 24.2 Å². The number of carboxylic acid groups (broad SMARTS) is 1. The molecule has 3 heterocycles. The van der Waals surface area contributed by atoms with Crippen LogP contribution >= 0.6 is 0 Å². The number of aromatic nitrogens is 1. The summed E-state index contributed by atoms with van der Waals surface area (Å²) in [5.41, 5.74) is 6.18. The number of aromatic carboxylic acids is 1. The zero-order valence-electron chi connectivity index (χ0n) is 23.9. The predicted molar refractivity (Wildman–Crippen MR) is 161 cm³/mol. The van der Waals surface area contributed by atoms with Crippen LogP contribution < -0.4 is 4.74 Å². The van der Waals surface area contributed by atoms with Gasteiger partial charge in [0, 0.05) is 30.2 Å². The summed E-state index contributed by atoms with van der Waals surface area (Å²) in [6.07, 6.45) is 11.2. The normalized spacial score (nSPS) is 19.4. The third-order valence-corrected chi connectivity index (χ3v) is 9.64. The van der Waals surface area contributed by atoms with Gasteiger partial charge in [0.05, 0.1) is 30.4 Å². The lowest BCUT2D eigenvalue weighted by atomic mass is 9.81. The summed E-state index contributed by atoms with van der Waals surface area (Å²) in [7, 11) is 1.70. The second kappa shape index (κ2) is 11.7. The van der Waals surface area contributed by atoms with Crippen LogP contribution in [0.4, 0.5) is 0 Å². The number of carboxylic acids is 1. The van der Waals surface area contributed by atoms with Crippen LogP contribution in [0.5, 0.6) is 5.75 Å². The van der Waals surface area contributed by atoms with Crippen LogP contribution in [0, 0.1) is 0 Å². The van der Waals surface area contributed by atoms with Gasteiger partial charge in [0.25, 0.3) is 0 Å². The molecule has 0 spiro atoms. The monoisotopic (exact) mass is 541 g/mol. The molecule has 2 aromatic carbocycles. The molecule has 1 aromatic heterocycles. The molecule has 6 nitrogen and oxygen atoms in total. The number of hydrogen-bond donors (Lipinski definition) is 1. The van der Waals surface area contributed by atoms with Crippen LogP contribution in [-0.2, 0) is 6.54 Å². The lowest BCUT2D eigenvalue weighted by molar-refractivity contribution is 0.0697. The number of piperidine rings is 1. The number of nitrogens with zero attached hydrogens (tertiary/aromatic N) is 3. The Labute approximate surface area is 238 Å². The number of ether oxygens (including phenoxy) is 1. The van der Waals surface area contributed by atoms with Gasteiger partial charge in [0.1, 0.15) is 5.75 Å². The van der Waals surface area contributed by atoms with Crippen molar-refractivity contribution in [3.05, 3.63) is 65.9 Å². The van der Waals surface area contributed by atoms with Gasteiger partial charge in [-0.3, -0.25) is 0 Å². The van der Waals surface area contributed by atoms with Gasteiger partial charge in [-0.1, -0.05) is 31.9 Å². The van der Waals surface area contributed by atoms with Crippen molar-refractivity contribution in [1.82, 2.24) is 14.4 Å². The Morgan fingerprint density at radius 1 is 0.925 bits per heavy atom. The standard InChI is InChI=1S/C34H43N3O3/c1-24(35-20-16-28(17-21-35)36-18-6-7-19-36)23-37-31-22-27(34(38)39)12-15-30(31)32(25-8-4-3-5-9-25)33(37)26-10-13-29(40-2)14-11-26/h10-15,22,25,28H,1,3-9,16-21,23H2,2H3,(H,38,39). The SMILES string of the molecule is C=C(Cn1c(-c2ccc(OC)cc2)c(C2CCCCC2)c2ccc(C(=O)O)cc21)N1CCC(N2CCCC2)CC1. The first-order valence-electron chi connectivity index (χ1n) is 15.2. The van der Waals surface area contributed by atoms with Crippen molar-refractivity contribution in [3.63, 3.8) is 0 Å². The molecule has 0 amide bonds. The lowest BCUT2D eigenvalue weighted by Crippen LogP contribution is -2.43. The summed E-state index contributed by atoms with van der Waals surface area (Å²) in [5.74, 6) is 0.418. The number of allylic oxidation sites excluding steroid dienone is 1. The summed E-state index contributed by atoms with van der Waals surface area (Å²) >= 11 is 0. The largest absolute Gasteiger partial charge is 0.497 e. The lowest BCUT2D eigenvalue weighted by Gasteiger charge is -2.38. The molecule has 6 heteroatoms. The molecule has 0 radical (unpaired) electrons. The maximum absolute atomic E-state index is 12.0. The molecule has 2 saturated heterocycles. The first-order valence-corrected chi connectivity index (χ1v) is 15.2. The van der Waals surface area contributed by atoms with E-state index in [1.54, 1.807) is 13.2 Å². The van der Waals surface area contributed by atoms with Gasteiger partial charge in [-0.25, -0.2) is 4.79 Å². The van der Waals surface area contributed by atoms with E-state index in [0.717, 1.165) is 35.6 Å².